The van der Waals surface area contributed by atoms with E-state index in [4.69, 9.17) is 23.7 Å². The lowest BCUT2D eigenvalue weighted by Crippen LogP contribution is -2.23. The first-order chi connectivity index (χ1) is 15.5. The molecule has 0 fully saturated rings. The number of rotatable bonds is 7. The molecule has 10 heteroatoms. The van der Waals surface area contributed by atoms with Crippen LogP contribution < -0.4 is 33.8 Å². The van der Waals surface area contributed by atoms with Crippen molar-refractivity contribution in [3.05, 3.63) is 50.8 Å². The van der Waals surface area contributed by atoms with Crippen molar-refractivity contribution in [3.8, 4) is 40.1 Å². The monoisotopic (exact) mass is 455 g/mol. The number of hydrogen-bond donors (Lipinski definition) is 0. The minimum absolute atomic E-state index is 0.266. The molecule has 166 valence electrons. The van der Waals surface area contributed by atoms with Crippen molar-refractivity contribution in [2.24, 2.45) is 0 Å². The highest BCUT2D eigenvalue weighted by molar-refractivity contribution is 7.15. The molecular formula is C22H21N3O6S. The van der Waals surface area contributed by atoms with Crippen molar-refractivity contribution in [3.63, 3.8) is 0 Å². The predicted octanol–water partition coefficient (Wildman–Crippen LogP) is 2.41. The van der Waals surface area contributed by atoms with E-state index in [0.29, 0.717) is 49.6 Å². The van der Waals surface area contributed by atoms with Crippen LogP contribution in [0.15, 0.2) is 35.1 Å². The first kappa shape index (κ1) is 21.4. The Bertz CT molecular complexity index is 1370. The Morgan fingerprint density at radius 2 is 1.50 bits per heavy atom. The molecule has 0 amide bonds. The maximum Gasteiger partial charge on any atom is 0.291 e. The summed E-state index contributed by atoms with van der Waals surface area (Å²) in [7, 11) is 7.74. The molecule has 9 nitrogen and oxygen atoms in total. The van der Waals surface area contributed by atoms with Gasteiger partial charge in [-0.2, -0.15) is 9.50 Å². The third-order valence-corrected chi connectivity index (χ3v) is 5.77. The highest BCUT2D eigenvalue weighted by Crippen LogP contribution is 2.38. The van der Waals surface area contributed by atoms with E-state index in [1.54, 1.807) is 58.8 Å². The average molecular weight is 455 g/mol. The van der Waals surface area contributed by atoms with Gasteiger partial charge in [0.1, 0.15) is 0 Å². The van der Waals surface area contributed by atoms with Crippen LogP contribution in [0.1, 0.15) is 5.56 Å². The van der Waals surface area contributed by atoms with E-state index >= 15 is 0 Å². The third kappa shape index (κ3) is 3.69. The molecule has 0 radical (unpaired) electrons. The Balaban J connectivity index is 1.78. The van der Waals surface area contributed by atoms with Gasteiger partial charge < -0.3 is 23.7 Å². The zero-order valence-corrected chi connectivity index (χ0v) is 19.0. The van der Waals surface area contributed by atoms with Crippen molar-refractivity contribution in [2.75, 3.05) is 35.5 Å². The number of methoxy groups -OCH3 is 5. The third-order valence-electron chi connectivity index (χ3n) is 4.81. The Labute approximate surface area is 187 Å². The molecule has 0 atom stereocenters. The molecule has 2 aromatic carbocycles. The van der Waals surface area contributed by atoms with Gasteiger partial charge in [0.25, 0.3) is 5.56 Å². The number of fused-ring (bicyclic) bond motifs is 1. The molecular weight excluding hydrogens is 434 g/mol. The summed E-state index contributed by atoms with van der Waals surface area (Å²) in [5, 5.41) is 4.39. The smallest absolute Gasteiger partial charge is 0.291 e. The number of aromatic nitrogens is 3. The summed E-state index contributed by atoms with van der Waals surface area (Å²) in [5.74, 6) is 3.07. The topological polar surface area (TPSA) is 93.4 Å². The fourth-order valence-electron chi connectivity index (χ4n) is 3.27. The van der Waals surface area contributed by atoms with E-state index in [0.717, 1.165) is 5.56 Å². The van der Waals surface area contributed by atoms with Crippen molar-refractivity contribution >= 4 is 22.4 Å². The Morgan fingerprint density at radius 3 is 2.06 bits per heavy atom. The fourth-order valence-corrected chi connectivity index (χ4v) is 4.18. The van der Waals surface area contributed by atoms with Gasteiger partial charge in [0.05, 0.1) is 40.1 Å². The zero-order valence-electron chi connectivity index (χ0n) is 18.2. The molecule has 0 saturated carbocycles. The minimum Gasteiger partial charge on any atom is -0.493 e. The average Bonchev–Trinajstić information content (AvgIpc) is 3.37. The van der Waals surface area contributed by atoms with Crippen LogP contribution in [0.5, 0.6) is 28.7 Å². The van der Waals surface area contributed by atoms with Gasteiger partial charge in [-0.3, -0.25) is 4.79 Å². The van der Waals surface area contributed by atoms with Crippen molar-refractivity contribution < 1.29 is 23.7 Å². The summed E-state index contributed by atoms with van der Waals surface area (Å²) in [5.41, 5.74) is 1.17. The quantitative estimate of drug-likeness (QED) is 0.420. The molecule has 0 aliphatic rings. The predicted molar refractivity (Wildman–Crippen MR) is 121 cm³/mol. The molecule has 2 aromatic heterocycles. The molecule has 4 rings (SSSR count). The molecule has 0 bridgehead atoms. The van der Waals surface area contributed by atoms with Gasteiger partial charge in [-0.05, 0) is 42.0 Å². The summed E-state index contributed by atoms with van der Waals surface area (Å²) in [6.07, 6.45) is 1.74. The van der Waals surface area contributed by atoms with Gasteiger partial charge in [0, 0.05) is 5.56 Å². The molecule has 0 saturated heterocycles. The standard InChI is InChI=1S/C22H21N3O6S/c1-27-14-7-6-13(11-15(14)28-2)20-23-22-25(24-20)21(26)18(32-22)10-12-8-16(29-3)19(31-5)17(9-12)30-4/h6-11H,1-5H3. The van der Waals surface area contributed by atoms with Gasteiger partial charge in [0.15, 0.2) is 28.8 Å². The number of nitrogens with zero attached hydrogens (tertiary/aromatic N) is 3. The maximum atomic E-state index is 12.9. The van der Waals surface area contributed by atoms with Crippen molar-refractivity contribution in [2.45, 2.75) is 0 Å². The molecule has 2 heterocycles. The summed E-state index contributed by atoms with van der Waals surface area (Å²) in [4.78, 5) is 17.9. The van der Waals surface area contributed by atoms with Crippen molar-refractivity contribution in [1.29, 1.82) is 0 Å². The first-order valence-corrected chi connectivity index (χ1v) is 10.3. The van der Waals surface area contributed by atoms with E-state index in [9.17, 15) is 4.79 Å². The second kappa shape index (κ2) is 8.75. The molecule has 4 aromatic rings. The van der Waals surface area contributed by atoms with E-state index < -0.39 is 0 Å². The summed E-state index contributed by atoms with van der Waals surface area (Å²) in [6.45, 7) is 0. The van der Waals surface area contributed by atoms with Gasteiger partial charge in [-0.1, -0.05) is 11.3 Å². The molecule has 32 heavy (non-hydrogen) atoms. The van der Waals surface area contributed by atoms with Crippen molar-refractivity contribution in [1.82, 2.24) is 14.6 Å². The van der Waals surface area contributed by atoms with Crippen LogP contribution in [-0.2, 0) is 0 Å². The summed E-state index contributed by atoms with van der Waals surface area (Å²) < 4.78 is 28.5. The van der Waals surface area contributed by atoms with Gasteiger partial charge in [0.2, 0.25) is 10.7 Å². The number of ether oxygens (including phenoxy) is 5. The van der Waals surface area contributed by atoms with Crippen LogP contribution in [0.3, 0.4) is 0 Å². The summed E-state index contributed by atoms with van der Waals surface area (Å²) >= 11 is 1.24. The summed E-state index contributed by atoms with van der Waals surface area (Å²) in [6, 6.07) is 8.89. The van der Waals surface area contributed by atoms with Crippen LogP contribution in [0.25, 0.3) is 22.4 Å². The van der Waals surface area contributed by atoms with E-state index in [-0.39, 0.29) is 5.56 Å². The van der Waals surface area contributed by atoms with Crippen LogP contribution in [-0.4, -0.2) is 50.1 Å². The van der Waals surface area contributed by atoms with E-state index in [1.807, 2.05) is 6.07 Å². The zero-order chi connectivity index (χ0) is 22.8. The van der Waals surface area contributed by atoms with E-state index in [1.165, 1.54) is 23.0 Å². The first-order valence-electron chi connectivity index (χ1n) is 9.46. The Kier molecular flexibility index (Phi) is 5.87. The number of benzene rings is 2. The molecule has 0 spiro atoms. The van der Waals surface area contributed by atoms with Crippen LogP contribution >= 0.6 is 11.3 Å². The maximum absolute atomic E-state index is 12.9. The molecule has 0 aliphatic carbocycles. The van der Waals surface area contributed by atoms with Crippen LogP contribution in [0, 0.1) is 0 Å². The normalized spacial score (nSPS) is 11.6. The highest BCUT2D eigenvalue weighted by Gasteiger charge is 2.16. The number of thiazole rings is 1. The number of hydrogen-bond acceptors (Lipinski definition) is 9. The van der Waals surface area contributed by atoms with Gasteiger partial charge in [-0.25, -0.2) is 0 Å². The lowest BCUT2D eigenvalue weighted by molar-refractivity contribution is 0.324. The fraction of sp³-hybridized carbons (Fsp3) is 0.227. The lowest BCUT2D eigenvalue weighted by Gasteiger charge is -2.12. The molecule has 0 N–H and O–H groups in total. The van der Waals surface area contributed by atoms with Crippen LogP contribution in [0.4, 0.5) is 0 Å². The molecule has 0 unspecified atom stereocenters. The molecule has 0 aliphatic heterocycles. The van der Waals surface area contributed by atoms with Gasteiger partial charge in [-0.15, -0.1) is 5.10 Å². The second-order valence-corrected chi connectivity index (χ2v) is 7.58. The lowest BCUT2D eigenvalue weighted by atomic mass is 10.1. The van der Waals surface area contributed by atoms with E-state index in [2.05, 4.69) is 10.1 Å². The minimum atomic E-state index is -0.266. The highest BCUT2D eigenvalue weighted by atomic mass is 32.1. The van der Waals surface area contributed by atoms with Crippen LogP contribution in [0.2, 0.25) is 0 Å². The largest absolute Gasteiger partial charge is 0.493 e. The Hall–Kier alpha value is -3.79. The second-order valence-electron chi connectivity index (χ2n) is 6.57. The Morgan fingerprint density at radius 1 is 0.844 bits per heavy atom. The van der Waals surface area contributed by atoms with Gasteiger partial charge >= 0.3 is 0 Å². The SMILES string of the molecule is COc1ccc(-c2nc3sc(=Cc4cc(OC)c(OC)c(OC)c4)c(=O)n3n2)cc1OC.